The van der Waals surface area contributed by atoms with E-state index in [1.165, 1.54) is 17.5 Å². The van der Waals surface area contributed by atoms with Crippen LogP contribution in [0.2, 0.25) is 0 Å². The van der Waals surface area contributed by atoms with E-state index in [1.807, 2.05) is 7.05 Å². The van der Waals surface area contributed by atoms with Crippen molar-refractivity contribution in [3.05, 3.63) is 35.4 Å². The average molecular weight is 235 g/mol. The Morgan fingerprint density at radius 2 is 1.94 bits per heavy atom. The Hall–Kier alpha value is -0.860. The highest BCUT2D eigenvalue weighted by Crippen LogP contribution is 2.14. The van der Waals surface area contributed by atoms with E-state index >= 15 is 0 Å². The van der Waals surface area contributed by atoms with Gasteiger partial charge in [-0.05, 0) is 51.3 Å². The molecule has 1 N–H and O–H groups in total. The fraction of sp³-hybridized carbons (Fsp3) is 0.600. The van der Waals surface area contributed by atoms with Gasteiger partial charge in [0.15, 0.2) is 0 Å². The van der Waals surface area contributed by atoms with E-state index in [2.05, 4.69) is 36.5 Å². The van der Waals surface area contributed by atoms with Crippen LogP contribution < -0.4 is 5.32 Å². The third kappa shape index (κ3) is 5.85. The summed E-state index contributed by atoms with van der Waals surface area (Å²) in [6.07, 6.45) is 3.53. The van der Waals surface area contributed by atoms with E-state index < -0.39 is 0 Å². The lowest BCUT2D eigenvalue weighted by Crippen LogP contribution is -2.21. The van der Waals surface area contributed by atoms with Crippen LogP contribution in [0, 0.1) is 12.8 Å². The molecule has 1 rings (SSSR count). The summed E-state index contributed by atoms with van der Waals surface area (Å²) in [5.41, 5.74) is 2.77. The summed E-state index contributed by atoms with van der Waals surface area (Å²) in [5, 5.41) is 3.29. The van der Waals surface area contributed by atoms with E-state index in [4.69, 9.17) is 4.74 Å². The number of methoxy groups -OCH3 is 1. The van der Waals surface area contributed by atoms with Crippen molar-refractivity contribution >= 4 is 0 Å². The molecular formula is C15H25NO. The second kappa shape index (κ2) is 8.26. The molecule has 0 aliphatic carbocycles. The van der Waals surface area contributed by atoms with Gasteiger partial charge in [-0.2, -0.15) is 0 Å². The Morgan fingerprint density at radius 3 is 2.53 bits per heavy atom. The highest BCUT2D eigenvalue weighted by molar-refractivity contribution is 5.21. The molecule has 0 saturated carbocycles. The first-order valence-corrected chi connectivity index (χ1v) is 6.45. The molecule has 0 fully saturated rings. The zero-order valence-corrected chi connectivity index (χ0v) is 11.3. The normalized spacial score (nSPS) is 12.6. The van der Waals surface area contributed by atoms with E-state index in [0.717, 1.165) is 26.0 Å². The maximum Gasteiger partial charge on any atom is 0.0462 e. The molecular weight excluding hydrogens is 210 g/mol. The first-order chi connectivity index (χ1) is 8.26. The maximum atomic E-state index is 5.12. The molecule has 0 radical (unpaired) electrons. The summed E-state index contributed by atoms with van der Waals surface area (Å²) in [5.74, 6) is 0.706. The lowest BCUT2D eigenvalue weighted by atomic mass is 9.94. The minimum absolute atomic E-state index is 0.706. The summed E-state index contributed by atoms with van der Waals surface area (Å²) < 4.78 is 5.12. The largest absolute Gasteiger partial charge is 0.385 e. The molecule has 96 valence electrons. The molecule has 1 atom stereocenters. The van der Waals surface area contributed by atoms with Crippen molar-refractivity contribution in [1.82, 2.24) is 5.32 Å². The molecule has 2 heteroatoms. The molecule has 1 aromatic carbocycles. The number of aryl methyl sites for hydroxylation is 1. The Bertz CT molecular complexity index is 294. The topological polar surface area (TPSA) is 21.3 Å². The van der Waals surface area contributed by atoms with E-state index in [0.29, 0.717) is 5.92 Å². The van der Waals surface area contributed by atoms with Crippen molar-refractivity contribution in [2.45, 2.75) is 26.2 Å². The van der Waals surface area contributed by atoms with Gasteiger partial charge in [-0.1, -0.05) is 29.8 Å². The lowest BCUT2D eigenvalue weighted by molar-refractivity contribution is 0.186. The number of hydrogen-bond acceptors (Lipinski definition) is 2. The van der Waals surface area contributed by atoms with Crippen molar-refractivity contribution in [2.24, 2.45) is 5.92 Å². The fourth-order valence-corrected chi connectivity index (χ4v) is 2.14. The molecule has 0 spiro atoms. The van der Waals surface area contributed by atoms with Gasteiger partial charge in [-0.25, -0.2) is 0 Å². The van der Waals surface area contributed by atoms with Crippen molar-refractivity contribution < 1.29 is 4.74 Å². The van der Waals surface area contributed by atoms with Gasteiger partial charge in [0.1, 0.15) is 0 Å². The average Bonchev–Trinajstić information content (AvgIpc) is 2.32. The van der Waals surface area contributed by atoms with Gasteiger partial charge in [0.2, 0.25) is 0 Å². The van der Waals surface area contributed by atoms with Gasteiger partial charge >= 0.3 is 0 Å². The standard InChI is InChI=1S/C15H25NO/c1-13-6-8-14(9-7-13)11-15(12-16-2)5-4-10-17-3/h6-9,15-16H,4-5,10-12H2,1-3H3. The number of hydrogen-bond donors (Lipinski definition) is 1. The van der Waals surface area contributed by atoms with Crippen molar-refractivity contribution in [3.8, 4) is 0 Å². The monoisotopic (exact) mass is 235 g/mol. The lowest BCUT2D eigenvalue weighted by Gasteiger charge is -2.16. The van der Waals surface area contributed by atoms with Gasteiger partial charge in [0.25, 0.3) is 0 Å². The third-order valence-electron chi connectivity index (χ3n) is 3.10. The highest BCUT2D eigenvalue weighted by Gasteiger charge is 2.08. The second-order valence-corrected chi connectivity index (χ2v) is 4.75. The predicted octanol–water partition coefficient (Wildman–Crippen LogP) is 2.80. The minimum Gasteiger partial charge on any atom is -0.385 e. The van der Waals surface area contributed by atoms with Crippen LogP contribution in [0.4, 0.5) is 0 Å². The molecule has 0 amide bonds. The molecule has 0 aliphatic heterocycles. The summed E-state index contributed by atoms with van der Waals surface area (Å²) >= 11 is 0. The van der Waals surface area contributed by atoms with Crippen LogP contribution in [0.25, 0.3) is 0 Å². The summed E-state index contributed by atoms with van der Waals surface area (Å²) in [7, 11) is 3.80. The van der Waals surface area contributed by atoms with Gasteiger partial charge < -0.3 is 10.1 Å². The minimum atomic E-state index is 0.706. The van der Waals surface area contributed by atoms with Crippen LogP contribution in [-0.4, -0.2) is 27.3 Å². The van der Waals surface area contributed by atoms with Gasteiger partial charge in [-0.3, -0.25) is 0 Å². The molecule has 0 saturated heterocycles. The van der Waals surface area contributed by atoms with Gasteiger partial charge in [0.05, 0.1) is 0 Å². The zero-order valence-electron chi connectivity index (χ0n) is 11.3. The van der Waals surface area contributed by atoms with Crippen molar-refractivity contribution in [1.29, 1.82) is 0 Å². The molecule has 0 heterocycles. The first kappa shape index (κ1) is 14.2. The molecule has 0 aromatic heterocycles. The molecule has 2 nitrogen and oxygen atoms in total. The van der Waals surface area contributed by atoms with Gasteiger partial charge in [0, 0.05) is 13.7 Å². The second-order valence-electron chi connectivity index (χ2n) is 4.75. The quantitative estimate of drug-likeness (QED) is 0.700. The number of nitrogens with one attached hydrogen (secondary N) is 1. The third-order valence-corrected chi connectivity index (χ3v) is 3.10. The van der Waals surface area contributed by atoms with E-state index in [1.54, 1.807) is 7.11 Å². The molecule has 0 aliphatic rings. The van der Waals surface area contributed by atoms with Crippen LogP contribution in [0.3, 0.4) is 0 Å². The van der Waals surface area contributed by atoms with E-state index in [9.17, 15) is 0 Å². The molecule has 17 heavy (non-hydrogen) atoms. The predicted molar refractivity (Wildman–Crippen MR) is 73.4 cm³/mol. The molecule has 0 bridgehead atoms. The molecule has 1 unspecified atom stereocenters. The first-order valence-electron chi connectivity index (χ1n) is 6.45. The summed E-state index contributed by atoms with van der Waals surface area (Å²) in [6.45, 7) is 4.08. The van der Waals surface area contributed by atoms with Crippen LogP contribution in [-0.2, 0) is 11.2 Å². The zero-order chi connectivity index (χ0) is 12.5. The fourth-order valence-electron chi connectivity index (χ4n) is 2.14. The summed E-state index contributed by atoms with van der Waals surface area (Å²) in [4.78, 5) is 0. The van der Waals surface area contributed by atoms with Crippen molar-refractivity contribution in [3.63, 3.8) is 0 Å². The highest BCUT2D eigenvalue weighted by atomic mass is 16.5. The Kier molecular flexibility index (Phi) is 6.90. The Morgan fingerprint density at radius 1 is 1.24 bits per heavy atom. The Labute approximate surface area is 105 Å². The van der Waals surface area contributed by atoms with Crippen LogP contribution in [0.5, 0.6) is 0 Å². The Balaban J connectivity index is 2.44. The maximum absolute atomic E-state index is 5.12. The van der Waals surface area contributed by atoms with E-state index in [-0.39, 0.29) is 0 Å². The van der Waals surface area contributed by atoms with Crippen LogP contribution in [0.1, 0.15) is 24.0 Å². The number of benzene rings is 1. The van der Waals surface area contributed by atoms with Gasteiger partial charge in [-0.15, -0.1) is 0 Å². The number of rotatable bonds is 8. The molecule has 1 aromatic rings. The smallest absolute Gasteiger partial charge is 0.0462 e. The number of ether oxygens (including phenoxy) is 1. The summed E-state index contributed by atoms with van der Waals surface area (Å²) in [6, 6.07) is 8.88. The SMILES string of the molecule is CNCC(CCCOC)Cc1ccc(C)cc1. The van der Waals surface area contributed by atoms with Crippen LogP contribution in [0.15, 0.2) is 24.3 Å². The van der Waals surface area contributed by atoms with Crippen molar-refractivity contribution in [2.75, 3.05) is 27.3 Å². The van der Waals surface area contributed by atoms with Crippen LogP contribution >= 0.6 is 0 Å².